The smallest absolute Gasteiger partial charge is 0.274 e. The maximum atomic E-state index is 13.6. The third-order valence-corrected chi connectivity index (χ3v) is 7.01. The van der Waals surface area contributed by atoms with E-state index >= 15 is 0 Å². The van der Waals surface area contributed by atoms with Gasteiger partial charge in [0.2, 0.25) is 5.91 Å². The Labute approximate surface area is 215 Å². The molecule has 1 heterocycles. The van der Waals surface area contributed by atoms with Crippen molar-refractivity contribution >= 4 is 23.2 Å². The Morgan fingerprint density at radius 1 is 0.946 bits per heavy atom. The maximum absolute atomic E-state index is 13.6. The number of nitrogens with one attached hydrogen (secondary N) is 1. The molecule has 0 aromatic heterocycles. The van der Waals surface area contributed by atoms with Gasteiger partial charge < -0.3 is 14.4 Å². The molecule has 7 nitrogen and oxygen atoms in total. The molecular formula is C30H28N2O5. The van der Waals surface area contributed by atoms with Crippen LogP contribution in [-0.4, -0.2) is 43.8 Å². The third-order valence-electron chi connectivity index (χ3n) is 7.01. The fraction of sp³-hybridized carbons (Fsp3) is 0.233. The molecule has 1 atom stereocenters. The molecule has 3 aromatic rings. The Morgan fingerprint density at radius 2 is 1.65 bits per heavy atom. The number of methoxy groups -OCH3 is 2. The summed E-state index contributed by atoms with van der Waals surface area (Å²) in [5.74, 6) is 0.103. The van der Waals surface area contributed by atoms with E-state index in [0.717, 1.165) is 27.8 Å². The lowest BCUT2D eigenvalue weighted by Crippen LogP contribution is -2.39. The Hall–Kier alpha value is -4.39. The summed E-state index contributed by atoms with van der Waals surface area (Å²) in [6.07, 6.45) is 0.259. The molecule has 2 aliphatic rings. The highest BCUT2D eigenvalue weighted by Crippen LogP contribution is 2.39. The number of imide groups is 1. The van der Waals surface area contributed by atoms with Gasteiger partial charge in [0.05, 0.1) is 14.2 Å². The zero-order valence-electron chi connectivity index (χ0n) is 21.0. The SMILES string of the molecule is COc1ccc2c(c1)C(c1ccccc1)=C(C(=O)NC(=O)CC1CC(=O)c3ccc(OC)cc31)N(C)C2. The third kappa shape index (κ3) is 4.60. The molecule has 0 saturated carbocycles. The van der Waals surface area contributed by atoms with Crippen LogP contribution < -0.4 is 14.8 Å². The summed E-state index contributed by atoms with van der Waals surface area (Å²) in [5.41, 5.74) is 5.35. The number of Topliss-reactive ketones (excluding diaryl/α,β-unsaturated/α-hetero) is 1. The maximum Gasteiger partial charge on any atom is 0.274 e. The van der Waals surface area contributed by atoms with E-state index in [-0.39, 0.29) is 24.5 Å². The van der Waals surface area contributed by atoms with Gasteiger partial charge in [0.15, 0.2) is 5.78 Å². The van der Waals surface area contributed by atoms with Crippen molar-refractivity contribution in [3.8, 4) is 11.5 Å². The van der Waals surface area contributed by atoms with Crippen LogP contribution in [0, 0.1) is 0 Å². The molecule has 0 radical (unpaired) electrons. The highest BCUT2D eigenvalue weighted by atomic mass is 16.5. The van der Waals surface area contributed by atoms with Crippen LogP contribution in [0.15, 0.2) is 72.4 Å². The number of likely N-dealkylation sites (N-methyl/N-ethyl adjacent to an activating group) is 1. The lowest BCUT2D eigenvalue weighted by molar-refractivity contribution is -0.129. The molecule has 0 bridgehead atoms. The minimum atomic E-state index is -0.477. The summed E-state index contributed by atoms with van der Waals surface area (Å²) in [6.45, 7) is 0.511. The van der Waals surface area contributed by atoms with Crippen molar-refractivity contribution in [3.63, 3.8) is 0 Å². The van der Waals surface area contributed by atoms with Gasteiger partial charge in [-0.25, -0.2) is 0 Å². The van der Waals surface area contributed by atoms with Gasteiger partial charge in [0.1, 0.15) is 17.2 Å². The molecule has 1 aliphatic heterocycles. The summed E-state index contributed by atoms with van der Waals surface area (Å²) >= 11 is 0. The van der Waals surface area contributed by atoms with E-state index in [4.69, 9.17) is 9.47 Å². The first kappa shape index (κ1) is 24.3. The van der Waals surface area contributed by atoms with E-state index in [1.807, 2.05) is 60.5 Å². The van der Waals surface area contributed by atoms with Gasteiger partial charge in [-0.3, -0.25) is 19.7 Å². The summed E-state index contributed by atoms with van der Waals surface area (Å²) in [7, 11) is 5.01. The van der Waals surface area contributed by atoms with Crippen LogP contribution in [0.4, 0.5) is 0 Å². The molecule has 0 spiro atoms. The molecule has 7 heteroatoms. The first-order chi connectivity index (χ1) is 17.9. The van der Waals surface area contributed by atoms with Crippen molar-refractivity contribution in [2.75, 3.05) is 21.3 Å². The minimum Gasteiger partial charge on any atom is -0.497 e. The number of ketones is 1. The van der Waals surface area contributed by atoms with E-state index < -0.39 is 11.8 Å². The van der Waals surface area contributed by atoms with Crippen LogP contribution in [0.3, 0.4) is 0 Å². The zero-order valence-corrected chi connectivity index (χ0v) is 21.0. The summed E-state index contributed by atoms with van der Waals surface area (Å²) in [4.78, 5) is 41.0. The van der Waals surface area contributed by atoms with E-state index in [1.54, 1.807) is 32.4 Å². The molecule has 0 fully saturated rings. The monoisotopic (exact) mass is 496 g/mol. The number of nitrogens with zero attached hydrogens (tertiary/aromatic N) is 1. The molecule has 188 valence electrons. The molecule has 2 amide bonds. The number of fused-ring (bicyclic) bond motifs is 2. The number of hydrogen-bond acceptors (Lipinski definition) is 6. The Morgan fingerprint density at radius 3 is 2.38 bits per heavy atom. The number of hydrogen-bond donors (Lipinski definition) is 1. The van der Waals surface area contributed by atoms with Crippen LogP contribution >= 0.6 is 0 Å². The van der Waals surface area contributed by atoms with E-state index in [0.29, 0.717) is 29.3 Å². The van der Waals surface area contributed by atoms with Crippen LogP contribution in [0.2, 0.25) is 0 Å². The van der Waals surface area contributed by atoms with Gasteiger partial charge in [-0.2, -0.15) is 0 Å². The molecule has 3 aromatic carbocycles. The average molecular weight is 497 g/mol. The normalized spacial score (nSPS) is 16.2. The van der Waals surface area contributed by atoms with Gasteiger partial charge in [-0.1, -0.05) is 36.4 Å². The van der Waals surface area contributed by atoms with Crippen molar-refractivity contribution in [2.24, 2.45) is 0 Å². The highest BCUT2D eigenvalue weighted by Gasteiger charge is 2.33. The Bertz CT molecular complexity index is 1430. The van der Waals surface area contributed by atoms with Crippen molar-refractivity contribution in [2.45, 2.75) is 25.3 Å². The van der Waals surface area contributed by atoms with Gasteiger partial charge in [-0.15, -0.1) is 0 Å². The molecule has 1 unspecified atom stereocenters. The number of amides is 2. The fourth-order valence-corrected chi connectivity index (χ4v) is 5.24. The number of carbonyl (C=O) groups excluding carboxylic acids is 3. The van der Waals surface area contributed by atoms with Gasteiger partial charge in [0.25, 0.3) is 5.91 Å². The van der Waals surface area contributed by atoms with Gasteiger partial charge >= 0.3 is 0 Å². The topological polar surface area (TPSA) is 84.9 Å². The predicted molar refractivity (Wildman–Crippen MR) is 139 cm³/mol. The van der Waals surface area contributed by atoms with Crippen molar-refractivity contribution < 1.29 is 23.9 Å². The number of carbonyl (C=O) groups is 3. The molecule has 1 aliphatic carbocycles. The van der Waals surface area contributed by atoms with Crippen molar-refractivity contribution in [3.05, 3.63) is 100 Å². The van der Waals surface area contributed by atoms with Gasteiger partial charge in [-0.05, 0) is 52.6 Å². The number of rotatable bonds is 6. The molecule has 0 saturated heterocycles. The first-order valence-corrected chi connectivity index (χ1v) is 12.1. The minimum absolute atomic E-state index is 0.00609. The van der Waals surface area contributed by atoms with Crippen molar-refractivity contribution in [1.29, 1.82) is 0 Å². The predicted octanol–water partition coefficient (Wildman–Crippen LogP) is 4.31. The van der Waals surface area contributed by atoms with Gasteiger partial charge in [0, 0.05) is 43.5 Å². The van der Waals surface area contributed by atoms with Crippen molar-refractivity contribution in [1.82, 2.24) is 10.2 Å². The van der Waals surface area contributed by atoms with Crippen LogP contribution in [-0.2, 0) is 16.1 Å². The molecule has 5 rings (SSSR count). The Kier molecular flexibility index (Phi) is 6.53. The lowest BCUT2D eigenvalue weighted by atomic mass is 9.88. The Balaban J connectivity index is 1.46. The second-order valence-corrected chi connectivity index (χ2v) is 9.33. The summed E-state index contributed by atoms with van der Waals surface area (Å²) in [5, 5.41) is 2.59. The first-order valence-electron chi connectivity index (χ1n) is 12.1. The highest BCUT2D eigenvalue weighted by molar-refractivity contribution is 6.11. The number of benzene rings is 3. The average Bonchev–Trinajstić information content (AvgIpc) is 3.21. The van der Waals surface area contributed by atoms with E-state index in [2.05, 4.69) is 5.32 Å². The fourth-order valence-electron chi connectivity index (χ4n) is 5.24. The second kappa shape index (κ2) is 9.93. The van der Waals surface area contributed by atoms with Crippen LogP contribution in [0.25, 0.3) is 5.57 Å². The van der Waals surface area contributed by atoms with E-state index in [9.17, 15) is 14.4 Å². The summed E-state index contributed by atoms with van der Waals surface area (Å²) in [6, 6.07) is 20.7. The zero-order chi connectivity index (χ0) is 26.1. The van der Waals surface area contributed by atoms with Crippen LogP contribution in [0.5, 0.6) is 11.5 Å². The molecule has 37 heavy (non-hydrogen) atoms. The largest absolute Gasteiger partial charge is 0.497 e. The molecule has 1 N–H and O–H groups in total. The second-order valence-electron chi connectivity index (χ2n) is 9.33. The number of ether oxygens (including phenoxy) is 2. The quantitative estimate of drug-likeness (QED) is 0.548. The summed E-state index contributed by atoms with van der Waals surface area (Å²) < 4.78 is 10.7. The lowest BCUT2D eigenvalue weighted by Gasteiger charge is -2.32. The van der Waals surface area contributed by atoms with E-state index in [1.165, 1.54) is 0 Å². The standard InChI is InChI=1S/C30H28N2O5/c1-32-17-19-9-10-21(36-2)16-25(19)28(18-7-5-4-6-8-18)29(32)30(35)31-27(34)14-20-13-26(33)23-12-11-22(37-3)15-24(20)23/h4-12,15-16,20H,13-14,17H2,1-3H3,(H,31,34,35). The molecular weight excluding hydrogens is 468 g/mol. The van der Waals surface area contributed by atoms with Crippen LogP contribution in [0.1, 0.15) is 51.4 Å².